The van der Waals surface area contributed by atoms with Gasteiger partial charge in [-0.1, -0.05) is 18.2 Å². The van der Waals surface area contributed by atoms with E-state index >= 15 is 0 Å². The minimum Gasteiger partial charge on any atom is -0.345 e. The highest BCUT2D eigenvalue weighted by Crippen LogP contribution is 2.18. The molecule has 1 N–H and O–H groups in total. The van der Waals surface area contributed by atoms with Crippen molar-refractivity contribution >= 4 is 16.8 Å². The van der Waals surface area contributed by atoms with Crippen LogP contribution >= 0.6 is 0 Å². The molecule has 1 atom stereocenters. The van der Waals surface area contributed by atoms with E-state index in [4.69, 9.17) is 0 Å². The molecule has 1 heterocycles. The van der Waals surface area contributed by atoms with Gasteiger partial charge in [-0.25, -0.2) is 0 Å². The van der Waals surface area contributed by atoms with Crippen LogP contribution in [0.5, 0.6) is 0 Å². The van der Waals surface area contributed by atoms with Gasteiger partial charge in [-0.05, 0) is 26.8 Å². The molecule has 2 rings (SSSR count). The number of carbonyl (C=O) groups is 1. The van der Waals surface area contributed by atoms with E-state index in [2.05, 4.69) is 29.5 Å². The number of benzene rings is 1. The van der Waals surface area contributed by atoms with E-state index in [-0.39, 0.29) is 11.9 Å². The summed E-state index contributed by atoms with van der Waals surface area (Å²) in [4.78, 5) is 13.8. The molecule has 0 saturated carbocycles. The zero-order chi connectivity index (χ0) is 15.4. The Hall–Kier alpha value is -1.88. The molecule has 1 unspecified atom stereocenters. The second kappa shape index (κ2) is 6.72. The Morgan fingerprint density at radius 2 is 2.10 bits per heavy atom. The van der Waals surface area contributed by atoms with Crippen molar-refractivity contribution in [3.8, 4) is 0 Å². The maximum absolute atomic E-state index is 12.1. The molecule has 0 aliphatic rings. The number of hydrogen-bond acceptors (Lipinski definition) is 3. The molecule has 0 spiro atoms. The van der Waals surface area contributed by atoms with Crippen molar-refractivity contribution in [2.75, 3.05) is 13.6 Å². The average molecular weight is 288 g/mol. The molecule has 1 aromatic carbocycles. The lowest BCUT2D eigenvalue weighted by molar-refractivity contribution is -0.131. The summed E-state index contributed by atoms with van der Waals surface area (Å²) in [5.41, 5.74) is 2.13. The number of aromatic nitrogens is 2. The Morgan fingerprint density at radius 3 is 2.76 bits per heavy atom. The summed E-state index contributed by atoms with van der Waals surface area (Å²) in [7, 11) is 1.82. The number of hydrogen-bond donors (Lipinski definition) is 1. The molecule has 1 aromatic heterocycles. The largest absolute Gasteiger partial charge is 0.345 e. The van der Waals surface area contributed by atoms with Crippen LogP contribution in [0, 0.1) is 0 Å². The molecular formula is C16H24N4O. The van der Waals surface area contributed by atoms with Gasteiger partial charge in [0.05, 0.1) is 17.3 Å². The van der Waals surface area contributed by atoms with Crippen LogP contribution in [0.25, 0.3) is 10.9 Å². The second-order valence-electron chi connectivity index (χ2n) is 5.23. The van der Waals surface area contributed by atoms with Crippen LogP contribution in [-0.4, -0.2) is 40.2 Å². The van der Waals surface area contributed by atoms with Crippen molar-refractivity contribution in [2.45, 2.75) is 39.9 Å². The SMILES string of the molecule is CCN(C)C(=O)C(C)NCc1nn(CC)c2ccccc12. The van der Waals surface area contributed by atoms with Crippen LogP contribution in [0.1, 0.15) is 26.5 Å². The van der Waals surface area contributed by atoms with Gasteiger partial charge in [0, 0.05) is 32.1 Å². The Bertz CT molecular complexity index is 620. The van der Waals surface area contributed by atoms with Gasteiger partial charge in [0.1, 0.15) is 0 Å². The van der Waals surface area contributed by atoms with Crippen molar-refractivity contribution in [3.05, 3.63) is 30.0 Å². The molecule has 5 heteroatoms. The predicted octanol–water partition coefficient (Wildman–Crippen LogP) is 2.01. The smallest absolute Gasteiger partial charge is 0.239 e. The molecule has 0 aliphatic carbocycles. The number of nitrogens with one attached hydrogen (secondary N) is 1. The summed E-state index contributed by atoms with van der Waals surface area (Å²) < 4.78 is 2.00. The minimum absolute atomic E-state index is 0.108. The molecule has 0 aliphatic heterocycles. The highest BCUT2D eigenvalue weighted by Gasteiger charge is 2.17. The van der Waals surface area contributed by atoms with Gasteiger partial charge in [-0.2, -0.15) is 5.10 Å². The summed E-state index contributed by atoms with van der Waals surface area (Å²) in [6.45, 7) is 8.11. The van der Waals surface area contributed by atoms with Gasteiger partial charge >= 0.3 is 0 Å². The van der Waals surface area contributed by atoms with Gasteiger partial charge in [-0.15, -0.1) is 0 Å². The fraction of sp³-hybridized carbons (Fsp3) is 0.500. The first-order chi connectivity index (χ1) is 10.1. The highest BCUT2D eigenvalue weighted by molar-refractivity contribution is 5.83. The summed E-state index contributed by atoms with van der Waals surface area (Å²) in [6.07, 6.45) is 0. The van der Waals surface area contributed by atoms with Crippen molar-refractivity contribution in [1.82, 2.24) is 20.0 Å². The van der Waals surface area contributed by atoms with Crippen LogP contribution in [0.3, 0.4) is 0 Å². The maximum Gasteiger partial charge on any atom is 0.239 e. The summed E-state index contributed by atoms with van der Waals surface area (Å²) >= 11 is 0. The number of aryl methyl sites for hydroxylation is 1. The number of fused-ring (bicyclic) bond motifs is 1. The Labute approximate surface area is 125 Å². The Morgan fingerprint density at radius 1 is 1.38 bits per heavy atom. The zero-order valence-corrected chi connectivity index (χ0v) is 13.3. The number of likely N-dealkylation sites (N-methyl/N-ethyl adjacent to an activating group) is 1. The van der Waals surface area contributed by atoms with E-state index in [9.17, 15) is 4.79 Å². The molecule has 21 heavy (non-hydrogen) atoms. The third-order valence-electron chi connectivity index (χ3n) is 3.83. The van der Waals surface area contributed by atoms with Gasteiger partial charge < -0.3 is 10.2 Å². The molecule has 2 aromatic rings. The van der Waals surface area contributed by atoms with Gasteiger partial charge in [0.25, 0.3) is 0 Å². The molecule has 5 nitrogen and oxygen atoms in total. The number of amides is 1. The monoisotopic (exact) mass is 288 g/mol. The van der Waals surface area contributed by atoms with Crippen molar-refractivity contribution in [2.24, 2.45) is 0 Å². The first-order valence-electron chi connectivity index (χ1n) is 7.51. The van der Waals surface area contributed by atoms with Crippen molar-refractivity contribution in [3.63, 3.8) is 0 Å². The molecule has 114 valence electrons. The number of rotatable bonds is 6. The second-order valence-corrected chi connectivity index (χ2v) is 5.23. The number of nitrogens with zero attached hydrogens (tertiary/aromatic N) is 3. The standard InChI is InChI=1S/C16H24N4O/c1-5-19(4)16(21)12(3)17-11-14-13-9-7-8-10-15(13)20(6-2)18-14/h7-10,12,17H,5-6,11H2,1-4H3. The van der Waals surface area contributed by atoms with E-state index in [0.717, 1.165) is 29.7 Å². The van der Waals surface area contributed by atoms with E-state index in [0.29, 0.717) is 6.54 Å². The molecule has 1 amide bonds. The summed E-state index contributed by atoms with van der Waals surface area (Å²) in [6, 6.07) is 7.99. The topological polar surface area (TPSA) is 50.2 Å². The lowest BCUT2D eigenvalue weighted by Crippen LogP contribution is -2.42. The predicted molar refractivity (Wildman–Crippen MR) is 85.0 cm³/mol. The third kappa shape index (κ3) is 3.24. The first kappa shape index (κ1) is 15.5. The van der Waals surface area contributed by atoms with E-state index in [1.54, 1.807) is 4.90 Å². The molecular weight excluding hydrogens is 264 g/mol. The first-order valence-corrected chi connectivity index (χ1v) is 7.51. The number of para-hydroxylation sites is 1. The van der Waals surface area contributed by atoms with Gasteiger partial charge in [0.2, 0.25) is 5.91 Å². The van der Waals surface area contributed by atoms with Crippen LogP contribution in [0.2, 0.25) is 0 Å². The molecule has 0 fully saturated rings. The van der Waals surface area contributed by atoms with Gasteiger partial charge in [0.15, 0.2) is 0 Å². The quantitative estimate of drug-likeness (QED) is 0.884. The van der Waals surface area contributed by atoms with Gasteiger partial charge in [-0.3, -0.25) is 9.48 Å². The number of carbonyl (C=O) groups excluding carboxylic acids is 1. The summed E-state index contributed by atoms with van der Waals surface area (Å²) in [5.74, 6) is 0.108. The highest BCUT2D eigenvalue weighted by atomic mass is 16.2. The third-order valence-corrected chi connectivity index (χ3v) is 3.83. The fourth-order valence-electron chi connectivity index (χ4n) is 2.39. The molecule has 0 radical (unpaired) electrons. The molecule has 0 bridgehead atoms. The van der Waals surface area contributed by atoms with Crippen LogP contribution in [0.15, 0.2) is 24.3 Å². The van der Waals surface area contributed by atoms with Crippen molar-refractivity contribution in [1.29, 1.82) is 0 Å². The lowest BCUT2D eigenvalue weighted by atomic mass is 10.2. The van der Waals surface area contributed by atoms with Crippen molar-refractivity contribution < 1.29 is 4.79 Å². The average Bonchev–Trinajstić information content (AvgIpc) is 2.89. The summed E-state index contributed by atoms with van der Waals surface area (Å²) in [5, 5.41) is 9.06. The Balaban J connectivity index is 2.12. The Kier molecular flexibility index (Phi) is 4.96. The van der Waals surface area contributed by atoms with Crippen LogP contribution < -0.4 is 5.32 Å². The lowest BCUT2D eigenvalue weighted by Gasteiger charge is -2.20. The zero-order valence-electron chi connectivity index (χ0n) is 13.3. The van der Waals surface area contributed by atoms with E-state index < -0.39 is 0 Å². The van der Waals surface area contributed by atoms with E-state index in [1.165, 1.54) is 0 Å². The van der Waals surface area contributed by atoms with Crippen LogP contribution in [0.4, 0.5) is 0 Å². The van der Waals surface area contributed by atoms with Crippen LogP contribution in [-0.2, 0) is 17.9 Å². The van der Waals surface area contributed by atoms with E-state index in [1.807, 2.05) is 37.7 Å². The fourth-order valence-corrected chi connectivity index (χ4v) is 2.39. The maximum atomic E-state index is 12.1. The minimum atomic E-state index is -0.208. The normalized spacial score (nSPS) is 12.6. The molecule has 0 saturated heterocycles.